The van der Waals surface area contributed by atoms with Crippen LogP contribution in [0.2, 0.25) is 0 Å². The largest absolute Gasteiger partial charge is 0.359 e. The minimum absolute atomic E-state index is 1.03. The van der Waals surface area contributed by atoms with E-state index in [9.17, 15) is 0 Å². The number of H-pyrrole nitrogens is 1. The molecule has 0 aromatic carbocycles. The van der Waals surface area contributed by atoms with Gasteiger partial charge in [0.2, 0.25) is 0 Å². The van der Waals surface area contributed by atoms with Crippen molar-refractivity contribution in [3.63, 3.8) is 0 Å². The third-order valence-corrected chi connectivity index (χ3v) is 1.35. The van der Waals surface area contributed by atoms with Crippen LogP contribution < -0.4 is 10.6 Å². The van der Waals surface area contributed by atoms with Crippen LogP contribution in [0, 0.1) is 6.92 Å². The topological polar surface area (TPSA) is 15.8 Å². The first-order valence-corrected chi connectivity index (χ1v) is 3.21. The van der Waals surface area contributed by atoms with E-state index in [1.807, 2.05) is 19.1 Å². The second-order valence-electron chi connectivity index (χ2n) is 2.29. The molecular formula is C9H11N. The quantitative estimate of drug-likeness (QED) is 0.580. The van der Waals surface area contributed by atoms with Crippen LogP contribution in [0.3, 0.4) is 0 Å². The highest BCUT2D eigenvalue weighted by molar-refractivity contribution is 5.34. The SMILES string of the molecule is C=C/C=c1/[nH]c(C)cc1=C. The summed E-state index contributed by atoms with van der Waals surface area (Å²) in [4.78, 5) is 3.16. The molecule has 0 aliphatic rings. The van der Waals surface area contributed by atoms with Crippen molar-refractivity contribution >= 4 is 12.7 Å². The molecule has 0 fully saturated rings. The van der Waals surface area contributed by atoms with Gasteiger partial charge in [-0.1, -0.05) is 19.2 Å². The zero-order valence-electron chi connectivity index (χ0n) is 6.15. The van der Waals surface area contributed by atoms with Crippen LogP contribution in [0.1, 0.15) is 5.69 Å². The third-order valence-electron chi connectivity index (χ3n) is 1.35. The Morgan fingerprint density at radius 1 is 1.60 bits per heavy atom. The normalized spacial score (nSPS) is 11.9. The van der Waals surface area contributed by atoms with Gasteiger partial charge in [0, 0.05) is 11.0 Å². The van der Waals surface area contributed by atoms with Crippen molar-refractivity contribution in [3.8, 4) is 0 Å². The monoisotopic (exact) mass is 133 g/mol. The van der Waals surface area contributed by atoms with Gasteiger partial charge in [0.05, 0.1) is 0 Å². The third kappa shape index (κ3) is 1.18. The number of aromatic amines is 1. The summed E-state index contributed by atoms with van der Waals surface area (Å²) < 4.78 is 0. The molecule has 10 heavy (non-hydrogen) atoms. The lowest BCUT2D eigenvalue weighted by Crippen LogP contribution is -2.19. The van der Waals surface area contributed by atoms with Crippen molar-refractivity contribution in [1.29, 1.82) is 0 Å². The Balaban J connectivity index is 3.42. The number of nitrogens with one attached hydrogen (secondary N) is 1. The molecule has 0 radical (unpaired) electrons. The van der Waals surface area contributed by atoms with E-state index in [2.05, 4.69) is 18.1 Å². The number of aromatic nitrogens is 1. The van der Waals surface area contributed by atoms with E-state index in [0.29, 0.717) is 0 Å². The molecule has 0 atom stereocenters. The molecule has 0 aliphatic carbocycles. The molecule has 0 bridgehead atoms. The molecule has 1 heterocycles. The van der Waals surface area contributed by atoms with Crippen molar-refractivity contribution < 1.29 is 0 Å². The number of allylic oxidation sites excluding steroid dienone is 1. The molecule has 1 heteroatoms. The maximum absolute atomic E-state index is 3.85. The predicted octanol–water partition coefficient (Wildman–Crippen LogP) is 0.700. The van der Waals surface area contributed by atoms with Crippen molar-refractivity contribution in [2.45, 2.75) is 6.92 Å². The Morgan fingerprint density at radius 3 is 2.70 bits per heavy atom. The highest BCUT2D eigenvalue weighted by Crippen LogP contribution is 1.77. The summed E-state index contributed by atoms with van der Waals surface area (Å²) in [6.07, 6.45) is 3.66. The van der Waals surface area contributed by atoms with Gasteiger partial charge in [-0.25, -0.2) is 0 Å². The van der Waals surface area contributed by atoms with E-state index in [-0.39, 0.29) is 0 Å². The standard InChI is InChI=1S/C9H11N/c1-4-5-9-7(2)6-8(3)10-9/h4-6,10H,1-2H2,3H3/b9-5+. The first-order valence-electron chi connectivity index (χ1n) is 3.21. The van der Waals surface area contributed by atoms with Crippen LogP contribution in [0.4, 0.5) is 0 Å². The highest BCUT2D eigenvalue weighted by atomic mass is 14.7. The van der Waals surface area contributed by atoms with Gasteiger partial charge in [0.15, 0.2) is 0 Å². The molecule has 0 saturated carbocycles. The van der Waals surface area contributed by atoms with Crippen LogP contribution in [0.5, 0.6) is 0 Å². The van der Waals surface area contributed by atoms with Gasteiger partial charge in [-0.2, -0.15) is 0 Å². The number of aryl methyl sites for hydroxylation is 1. The lowest BCUT2D eigenvalue weighted by molar-refractivity contribution is 1.22. The summed E-state index contributed by atoms with van der Waals surface area (Å²) in [6.45, 7) is 9.46. The second kappa shape index (κ2) is 2.56. The first kappa shape index (κ1) is 6.87. The van der Waals surface area contributed by atoms with Crippen LogP contribution in [0.25, 0.3) is 12.7 Å². The van der Waals surface area contributed by atoms with E-state index >= 15 is 0 Å². The molecule has 0 amide bonds. The molecule has 52 valence electrons. The maximum atomic E-state index is 3.85. The predicted molar refractivity (Wildman–Crippen MR) is 45.0 cm³/mol. The van der Waals surface area contributed by atoms with E-state index in [0.717, 1.165) is 16.3 Å². The lowest BCUT2D eigenvalue weighted by Gasteiger charge is -1.75. The number of hydrogen-bond donors (Lipinski definition) is 1. The van der Waals surface area contributed by atoms with Crippen LogP contribution in [-0.4, -0.2) is 4.98 Å². The van der Waals surface area contributed by atoms with Crippen LogP contribution in [0.15, 0.2) is 18.7 Å². The minimum atomic E-state index is 1.03. The van der Waals surface area contributed by atoms with E-state index in [1.54, 1.807) is 6.08 Å². The molecule has 0 spiro atoms. The second-order valence-corrected chi connectivity index (χ2v) is 2.29. The fourth-order valence-electron chi connectivity index (χ4n) is 0.934. The summed E-state index contributed by atoms with van der Waals surface area (Å²) >= 11 is 0. The Bertz CT molecular complexity index is 330. The Morgan fingerprint density at radius 2 is 2.30 bits per heavy atom. The van der Waals surface area contributed by atoms with E-state index in [1.165, 1.54) is 0 Å². The Hall–Kier alpha value is -1.24. The smallest absolute Gasteiger partial charge is 0.0449 e. The lowest BCUT2D eigenvalue weighted by atomic mass is 10.4. The fraction of sp³-hybridized carbons (Fsp3) is 0.111. The Labute approximate surface area is 60.4 Å². The minimum Gasteiger partial charge on any atom is -0.359 e. The van der Waals surface area contributed by atoms with Crippen LogP contribution >= 0.6 is 0 Å². The van der Waals surface area contributed by atoms with Gasteiger partial charge in [0.25, 0.3) is 0 Å². The zero-order valence-corrected chi connectivity index (χ0v) is 6.15. The van der Waals surface area contributed by atoms with Gasteiger partial charge in [-0.3, -0.25) is 0 Å². The average Bonchev–Trinajstić information content (AvgIpc) is 2.13. The summed E-state index contributed by atoms with van der Waals surface area (Å²) in [6, 6.07) is 2.01. The van der Waals surface area contributed by atoms with Crippen molar-refractivity contribution in [3.05, 3.63) is 35.0 Å². The van der Waals surface area contributed by atoms with Gasteiger partial charge in [-0.15, -0.1) is 0 Å². The first-order chi connectivity index (χ1) is 4.74. The van der Waals surface area contributed by atoms with Gasteiger partial charge in [-0.05, 0) is 24.3 Å². The van der Waals surface area contributed by atoms with Crippen molar-refractivity contribution in [2.24, 2.45) is 0 Å². The fourth-order valence-corrected chi connectivity index (χ4v) is 0.934. The molecule has 1 N–H and O–H groups in total. The zero-order chi connectivity index (χ0) is 7.56. The molecule has 1 aromatic rings. The molecular weight excluding hydrogens is 122 g/mol. The average molecular weight is 133 g/mol. The van der Waals surface area contributed by atoms with Crippen LogP contribution in [-0.2, 0) is 0 Å². The highest BCUT2D eigenvalue weighted by Gasteiger charge is 1.84. The Kier molecular flexibility index (Phi) is 1.76. The molecule has 0 unspecified atom stereocenters. The van der Waals surface area contributed by atoms with Gasteiger partial charge >= 0.3 is 0 Å². The van der Waals surface area contributed by atoms with Gasteiger partial charge in [0.1, 0.15) is 0 Å². The molecule has 1 nitrogen and oxygen atoms in total. The van der Waals surface area contributed by atoms with E-state index < -0.39 is 0 Å². The summed E-state index contributed by atoms with van der Waals surface area (Å²) in [5, 5.41) is 2.07. The molecule has 1 rings (SSSR count). The summed E-state index contributed by atoms with van der Waals surface area (Å²) in [5.74, 6) is 0. The summed E-state index contributed by atoms with van der Waals surface area (Å²) in [5.41, 5.74) is 1.14. The molecule has 1 aromatic heterocycles. The van der Waals surface area contributed by atoms with Gasteiger partial charge < -0.3 is 4.98 Å². The summed E-state index contributed by atoms with van der Waals surface area (Å²) in [7, 11) is 0. The molecule has 0 saturated heterocycles. The maximum Gasteiger partial charge on any atom is 0.0449 e. The number of hydrogen-bond acceptors (Lipinski definition) is 0. The van der Waals surface area contributed by atoms with Crippen molar-refractivity contribution in [1.82, 2.24) is 4.98 Å². The van der Waals surface area contributed by atoms with Crippen molar-refractivity contribution in [2.75, 3.05) is 0 Å². The molecule has 0 aliphatic heterocycles. The number of rotatable bonds is 1. The van der Waals surface area contributed by atoms with E-state index in [4.69, 9.17) is 0 Å².